The third kappa shape index (κ3) is 3.42. The minimum Gasteiger partial charge on any atom is -0.479 e. The summed E-state index contributed by atoms with van der Waals surface area (Å²) in [5.74, 6) is -1.62. The SMILES string of the molecule is CC=CNC(=O)C1(C(C(=O)O)(c2ccc(Cl)cc2Cl)n2cncn2)CCCCC1. The summed E-state index contributed by atoms with van der Waals surface area (Å²) in [7, 11) is 0. The van der Waals surface area contributed by atoms with Gasteiger partial charge in [-0.3, -0.25) is 4.79 Å². The predicted molar refractivity (Wildman–Crippen MR) is 110 cm³/mol. The number of rotatable bonds is 6. The Bertz CT molecular complexity index is 924. The number of nitrogens with one attached hydrogen (secondary N) is 1. The standard InChI is InChI=1S/C20H22Cl2N4O3/c1-2-10-24-17(27)19(8-4-3-5-9-19)20(18(28)29,26-13-23-12-25-26)15-7-6-14(21)11-16(15)22/h2,6-7,10-13H,3-5,8-9H2,1H3,(H,24,27)(H,28,29). The van der Waals surface area contributed by atoms with Gasteiger partial charge in [0, 0.05) is 15.6 Å². The van der Waals surface area contributed by atoms with Crippen LogP contribution in [0.5, 0.6) is 0 Å². The molecule has 1 amide bonds. The number of hydrogen-bond acceptors (Lipinski definition) is 4. The number of aliphatic carboxylic acids is 1. The number of amides is 1. The van der Waals surface area contributed by atoms with Crippen LogP contribution in [0.4, 0.5) is 0 Å². The lowest BCUT2D eigenvalue weighted by atomic mass is 9.58. The Morgan fingerprint density at radius 3 is 2.55 bits per heavy atom. The van der Waals surface area contributed by atoms with E-state index >= 15 is 0 Å². The van der Waals surface area contributed by atoms with Crippen LogP contribution in [0, 0.1) is 5.41 Å². The molecular formula is C20H22Cl2N4O3. The number of allylic oxidation sites excluding steroid dienone is 1. The maximum Gasteiger partial charge on any atom is 0.337 e. The zero-order valence-electron chi connectivity index (χ0n) is 15.9. The van der Waals surface area contributed by atoms with Crippen LogP contribution in [0.15, 0.2) is 43.1 Å². The Balaban J connectivity index is 2.39. The molecule has 9 heteroatoms. The largest absolute Gasteiger partial charge is 0.479 e. The van der Waals surface area contributed by atoms with E-state index in [-0.39, 0.29) is 16.5 Å². The number of benzene rings is 1. The Hall–Kier alpha value is -2.38. The second-order valence-electron chi connectivity index (χ2n) is 7.10. The number of halogens is 2. The van der Waals surface area contributed by atoms with Gasteiger partial charge in [0.05, 0.1) is 5.41 Å². The van der Waals surface area contributed by atoms with Crippen molar-refractivity contribution in [3.8, 4) is 0 Å². The quantitative estimate of drug-likeness (QED) is 0.712. The molecule has 154 valence electrons. The van der Waals surface area contributed by atoms with E-state index in [9.17, 15) is 14.7 Å². The second-order valence-corrected chi connectivity index (χ2v) is 7.94. The molecule has 0 spiro atoms. The normalized spacial score (nSPS) is 18.3. The van der Waals surface area contributed by atoms with Crippen molar-refractivity contribution < 1.29 is 14.7 Å². The van der Waals surface area contributed by atoms with Crippen LogP contribution < -0.4 is 5.32 Å². The number of carboxylic acids is 1. The van der Waals surface area contributed by atoms with Gasteiger partial charge in [-0.1, -0.05) is 54.6 Å². The van der Waals surface area contributed by atoms with Crippen LogP contribution in [0.2, 0.25) is 10.0 Å². The van der Waals surface area contributed by atoms with Crippen molar-refractivity contribution in [2.24, 2.45) is 5.41 Å². The Labute approximate surface area is 178 Å². The molecule has 1 aromatic heterocycles. The second kappa shape index (κ2) is 8.55. The Morgan fingerprint density at radius 1 is 1.28 bits per heavy atom. The molecule has 1 unspecified atom stereocenters. The minimum absolute atomic E-state index is 0.152. The molecule has 3 rings (SSSR count). The monoisotopic (exact) mass is 436 g/mol. The van der Waals surface area contributed by atoms with Gasteiger partial charge in [-0.25, -0.2) is 14.5 Å². The molecule has 2 N–H and O–H groups in total. The van der Waals surface area contributed by atoms with Crippen LogP contribution in [0.1, 0.15) is 44.6 Å². The lowest BCUT2D eigenvalue weighted by Crippen LogP contribution is -2.63. The molecule has 1 fully saturated rings. The molecule has 0 radical (unpaired) electrons. The van der Waals surface area contributed by atoms with Gasteiger partial charge in [0.2, 0.25) is 11.4 Å². The summed E-state index contributed by atoms with van der Waals surface area (Å²) in [4.78, 5) is 30.5. The van der Waals surface area contributed by atoms with Gasteiger partial charge in [0.1, 0.15) is 12.7 Å². The Kier molecular flexibility index (Phi) is 6.29. The van der Waals surface area contributed by atoms with E-state index in [1.165, 1.54) is 29.6 Å². The van der Waals surface area contributed by atoms with E-state index in [2.05, 4.69) is 15.4 Å². The first-order valence-electron chi connectivity index (χ1n) is 9.36. The van der Waals surface area contributed by atoms with Crippen molar-refractivity contribution in [1.29, 1.82) is 0 Å². The van der Waals surface area contributed by atoms with E-state index in [1.54, 1.807) is 25.1 Å². The van der Waals surface area contributed by atoms with Crippen molar-refractivity contribution in [2.75, 3.05) is 0 Å². The van der Waals surface area contributed by atoms with Crippen molar-refractivity contribution >= 4 is 35.1 Å². The molecule has 1 atom stereocenters. The summed E-state index contributed by atoms with van der Waals surface area (Å²) in [5, 5.41) is 18.1. The summed E-state index contributed by atoms with van der Waals surface area (Å²) in [6.45, 7) is 1.77. The molecule has 0 bridgehead atoms. The van der Waals surface area contributed by atoms with Gasteiger partial charge in [-0.15, -0.1) is 0 Å². The van der Waals surface area contributed by atoms with Crippen molar-refractivity contribution in [1.82, 2.24) is 20.1 Å². The van der Waals surface area contributed by atoms with Crippen LogP contribution in [-0.2, 0) is 15.1 Å². The number of carbonyl (C=O) groups is 2. The summed E-state index contributed by atoms with van der Waals surface area (Å²) >= 11 is 12.6. The molecule has 29 heavy (non-hydrogen) atoms. The minimum atomic E-state index is -1.89. The van der Waals surface area contributed by atoms with Gasteiger partial charge in [0.25, 0.3) is 0 Å². The highest BCUT2D eigenvalue weighted by Crippen LogP contribution is 2.54. The molecule has 2 aromatic rings. The van der Waals surface area contributed by atoms with E-state index in [1.807, 2.05) is 0 Å². The third-order valence-corrected chi connectivity index (χ3v) is 6.16. The predicted octanol–water partition coefficient (Wildman–Crippen LogP) is 4.01. The molecule has 0 aliphatic heterocycles. The molecule has 1 aliphatic rings. The van der Waals surface area contributed by atoms with E-state index in [0.29, 0.717) is 30.7 Å². The topological polar surface area (TPSA) is 97.1 Å². The maximum atomic E-state index is 13.5. The van der Waals surface area contributed by atoms with Crippen LogP contribution in [-0.4, -0.2) is 31.7 Å². The number of carbonyl (C=O) groups excluding carboxylic acids is 1. The average molecular weight is 437 g/mol. The first kappa shape index (κ1) is 21.3. The van der Waals surface area contributed by atoms with Crippen molar-refractivity contribution in [2.45, 2.75) is 44.6 Å². The molecule has 1 aliphatic carbocycles. The summed E-state index contributed by atoms with van der Waals surface area (Å²) < 4.78 is 1.24. The highest BCUT2D eigenvalue weighted by Gasteiger charge is 2.64. The zero-order chi connectivity index (χ0) is 21.1. The lowest BCUT2D eigenvalue weighted by Gasteiger charge is -2.48. The average Bonchev–Trinajstić information content (AvgIpc) is 3.23. The lowest BCUT2D eigenvalue weighted by molar-refractivity contribution is -0.162. The highest BCUT2D eigenvalue weighted by atomic mass is 35.5. The molecule has 1 aromatic carbocycles. The van der Waals surface area contributed by atoms with E-state index in [0.717, 1.165) is 6.42 Å². The smallest absolute Gasteiger partial charge is 0.337 e. The molecule has 1 heterocycles. The van der Waals surface area contributed by atoms with Gasteiger partial charge in [-0.05, 0) is 38.1 Å². The number of nitrogens with zero attached hydrogens (tertiary/aromatic N) is 3. The van der Waals surface area contributed by atoms with Crippen molar-refractivity contribution in [3.05, 3.63) is 58.7 Å². The van der Waals surface area contributed by atoms with E-state index < -0.39 is 16.9 Å². The van der Waals surface area contributed by atoms with Crippen molar-refractivity contribution in [3.63, 3.8) is 0 Å². The zero-order valence-corrected chi connectivity index (χ0v) is 17.5. The highest BCUT2D eigenvalue weighted by molar-refractivity contribution is 6.35. The molecule has 7 nitrogen and oxygen atoms in total. The first-order valence-corrected chi connectivity index (χ1v) is 10.1. The summed E-state index contributed by atoms with van der Waals surface area (Å²) in [6, 6.07) is 4.60. The number of carboxylic acid groups (broad SMARTS) is 1. The molecular weight excluding hydrogens is 415 g/mol. The molecule has 1 saturated carbocycles. The first-order chi connectivity index (χ1) is 13.9. The van der Waals surface area contributed by atoms with Gasteiger partial charge >= 0.3 is 5.97 Å². The van der Waals surface area contributed by atoms with Crippen LogP contribution >= 0.6 is 23.2 Å². The fourth-order valence-corrected chi connectivity index (χ4v) is 4.93. The van der Waals surface area contributed by atoms with E-state index in [4.69, 9.17) is 23.2 Å². The molecule has 0 saturated heterocycles. The fourth-order valence-electron chi connectivity index (χ4n) is 4.39. The summed E-state index contributed by atoms with van der Waals surface area (Å²) in [5.41, 5.74) is -2.97. The third-order valence-electron chi connectivity index (χ3n) is 5.61. The fraction of sp³-hybridized carbons (Fsp3) is 0.400. The van der Waals surface area contributed by atoms with Gasteiger partial charge in [0.15, 0.2) is 0 Å². The number of hydrogen-bond donors (Lipinski definition) is 2. The maximum absolute atomic E-state index is 13.5. The van der Waals surface area contributed by atoms with Gasteiger partial charge < -0.3 is 10.4 Å². The van der Waals surface area contributed by atoms with Crippen LogP contribution in [0.25, 0.3) is 0 Å². The summed E-state index contributed by atoms with van der Waals surface area (Å²) in [6.07, 6.45) is 8.82. The van der Waals surface area contributed by atoms with Gasteiger partial charge in [-0.2, -0.15) is 5.10 Å². The number of aromatic nitrogens is 3. The Morgan fingerprint density at radius 2 is 2.00 bits per heavy atom. The van der Waals surface area contributed by atoms with Crippen LogP contribution in [0.3, 0.4) is 0 Å².